The molecule has 0 aliphatic heterocycles. The van der Waals surface area contributed by atoms with Gasteiger partial charge < -0.3 is 10.2 Å². The fourth-order valence-electron chi connectivity index (χ4n) is 4.04. The molecule has 3 aromatic carbocycles. The number of sulfonamides is 1. The summed E-state index contributed by atoms with van der Waals surface area (Å²) in [6, 6.07) is 18.7. The summed E-state index contributed by atoms with van der Waals surface area (Å²) >= 11 is 0. The fourth-order valence-corrected chi connectivity index (χ4v) is 4.89. The molecule has 1 atom stereocenters. The first-order chi connectivity index (χ1) is 18.2. The van der Waals surface area contributed by atoms with Crippen molar-refractivity contribution < 1.29 is 26.8 Å². The lowest BCUT2D eigenvalue weighted by Crippen LogP contribution is -2.56. The van der Waals surface area contributed by atoms with Crippen LogP contribution in [0.5, 0.6) is 0 Å². The van der Waals surface area contributed by atoms with E-state index in [1.54, 1.807) is 20.8 Å². The maximum atomic E-state index is 14.6. The van der Waals surface area contributed by atoms with Crippen LogP contribution in [-0.4, -0.2) is 49.5 Å². The molecule has 0 radical (unpaired) electrons. The summed E-state index contributed by atoms with van der Waals surface area (Å²) in [7, 11) is -4.09. The molecule has 0 fully saturated rings. The number of carbonyl (C=O) groups excluding carboxylic acids is 2. The summed E-state index contributed by atoms with van der Waals surface area (Å²) in [4.78, 5) is 28.8. The number of nitrogens with one attached hydrogen (secondary N) is 1. The second kappa shape index (κ2) is 12.4. The normalized spacial score (nSPS) is 12.5. The predicted molar refractivity (Wildman–Crippen MR) is 147 cm³/mol. The number of hydrogen-bond donors (Lipinski definition) is 1. The van der Waals surface area contributed by atoms with Crippen molar-refractivity contribution in [2.75, 3.05) is 17.1 Å². The standard InChI is InChI=1S/C29H33F2N3O4S/c1-29(2,3)32-28(36)26(18-21-10-6-5-7-11-21)33(19-22-14-16-23(30)17-15-22)27(35)20-34(39(4,37)38)25-13-9-8-12-24(25)31/h5-17,26H,18-20H2,1-4H3,(H,32,36)/t26-/m0/s1. The van der Waals surface area contributed by atoms with Crippen molar-refractivity contribution in [2.24, 2.45) is 0 Å². The SMILES string of the molecule is CC(C)(C)NC(=O)[C@H](Cc1ccccc1)N(Cc1ccc(F)cc1)C(=O)CN(c1ccccc1F)S(C)(=O)=O. The van der Waals surface area contributed by atoms with Crippen LogP contribution in [0.3, 0.4) is 0 Å². The molecule has 3 aromatic rings. The van der Waals surface area contributed by atoms with Gasteiger partial charge in [0.25, 0.3) is 0 Å². The summed E-state index contributed by atoms with van der Waals surface area (Å²) in [5.41, 5.74) is 0.400. The van der Waals surface area contributed by atoms with Gasteiger partial charge in [-0.2, -0.15) is 0 Å². The highest BCUT2D eigenvalue weighted by Crippen LogP contribution is 2.23. The van der Waals surface area contributed by atoms with Crippen molar-refractivity contribution in [3.63, 3.8) is 0 Å². The highest BCUT2D eigenvalue weighted by molar-refractivity contribution is 7.92. The molecule has 7 nitrogen and oxygen atoms in total. The molecular formula is C29H33F2N3O4S. The maximum Gasteiger partial charge on any atom is 0.244 e. The summed E-state index contributed by atoms with van der Waals surface area (Å²) in [5.74, 6) is -2.45. The van der Waals surface area contributed by atoms with Gasteiger partial charge in [-0.3, -0.25) is 13.9 Å². The molecule has 3 rings (SSSR count). The molecule has 39 heavy (non-hydrogen) atoms. The molecule has 0 aliphatic carbocycles. The smallest absolute Gasteiger partial charge is 0.244 e. The van der Waals surface area contributed by atoms with Crippen LogP contribution in [0.4, 0.5) is 14.5 Å². The van der Waals surface area contributed by atoms with Crippen LogP contribution in [0.25, 0.3) is 0 Å². The van der Waals surface area contributed by atoms with Crippen LogP contribution in [-0.2, 0) is 32.6 Å². The monoisotopic (exact) mass is 557 g/mol. The van der Waals surface area contributed by atoms with Gasteiger partial charge >= 0.3 is 0 Å². The van der Waals surface area contributed by atoms with E-state index in [1.807, 2.05) is 30.3 Å². The van der Waals surface area contributed by atoms with Gasteiger partial charge in [-0.05, 0) is 56.2 Å². The molecule has 208 valence electrons. The molecule has 0 bridgehead atoms. The zero-order valence-electron chi connectivity index (χ0n) is 22.4. The van der Waals surface area contributed by atoms with E-state index >= 15 is 0 Å². The maximum absolute atomic E-state index is 14.6. The molecule has 0 saturated carbocycles. The van der Waals surface area contributed by atoms with Gasteiger partial charge in [0, 0.05) is 18.5 Å². The molecule has 0 unspecified atom stereocenters. The predicted octanol–water partition coefficient (Wildman–Crippen LogP) is 4.29. The Bertz CT molecular complexity index is 1390. The van der Waals surface area contributed by atoms with Gasteiger partial charge in [0.2, 0.25) is 21.8 Å². The van der Waals surface area contributed by atoms with Crippen LogP contribution in [0, 0.1) is 11.6 Å². The van der Waals surface area contributed by atoms with Gasteiger partial charge in [0.15, 0.2) is 0 Å². The van der Waals surface area contributed by atoms with Crippen LogP contribution in [0.2, 0.25) is 0 Å². The Balaban J connectivity index is 2.08. The van der Waals surface area contributed by atoms with E-state index in [0.717, 1.165) is 17.9 Å². The van der Waals surface area contributed by atoms with Gasteiger partial charge in [-0.1, -0.05) is 54.6 Å². The average molecular weight is 558 g/mol. The second-order valence-corrected chi connectivity index (χ2v) is 12.2. The number of halogens is 2. The first-order valence-corrected chi connectivity index (χ1v) is 14.2. The molecule has 10 heteroatoms. The number of hydrogen-bond acceptors (Lipinski definition) is 4. The van der Waals surface area contributed by atoms with E-state index in [9.17, 15) is 26.8 Å². The van der Waals surface area contributed by atoms with Crippen LogP contribution in [0.15, 0.2) is 78.9 Å². The van der Waals surface area contributed by atoms with Crippen LogP contribution in [0.1, 0.15) is 31.9 Å². The third-order valence-electron chi connectivity index (χ3n) is 5.84. The Morgan fingerprint density at radius 1 is 0.872 bits per heavy atom. The minimum Gasteiger partial charge on any atom is -0.350 e. The lowest BCUT2D eigenvalue weighted by molar-refractivity contribution is -0.140. The molecule has 0 aromatic heterocycles. The van der Waals surface area contributed by atoms with Gasteiger partial charge in [-0.15, -0.1) is 0 Å². The van der Waals surface area contributed by atoms with Crippen molar-refractivity contribution in [3.05, 3.63) is 102 Å². The van der Waals surface area contributed by atoms with Crippen molar-refractivity contribution in [1.29, 1.82) is 0 Å². The number of para-hydroxylation sites is 1. The first-order valence-electron chi connectivity index (χ1n) is 12.4. The van der Waals surface area contributed by atoms with Crippen LogP contribution < -0.4 is 9.62 Å². The zero-order chi connectivity index (χ0) is 28.8. The topological polar surface area (TPSA) is 86.8 Å². The molecule has 0 saturated heterocycles. The molecule has 1 N–H and O–H groups in total. The Morgan fingerprint density at radius 2 is 1.46 bits per heavy atom. The molecule has 2 amide bonds. The first kappa shape index (κ1) is 29.8. The second-order valence-electron chi connectivity index (χ2n) is 10.3. The van der Waals surface area contributed by atoms with E-state index in [-0.39, 0.29) is 18.7 Å². The minimum atomic E-state index is -4.09. The van der Waals surface area contributed by atoms with Crippen molar-refractivity contribution >= 4 is 27.5 Å². The van der Waals surface area contributed by atoms with Gasteiger partial charge in [0.05, 0.1) is 11.9 Å². The number of amides is 2. The fraction of sp³-hybridized carbons (Fsp3) is 0.310. The highest BCUT2D eigenvalue weighted by Gasteiger charge is 2.34. The van der Waals surface area contributed by atoms with E-state index in [0.29, 0.717) is 9.87 Å². The number of benzene rings is 3. The molecule has 0 spiro atoms. The summed E-state index contributed by atoms with van der Waals surface area (Å²) < 4.78 is 54.3. The van der Waals surface area contributed by atoms with Crippen molar-refractivity contribution in [3.8, 4) is 0 Å². The third kappa shape index (κ3) is 8.61. The van der Waals surface area contributed by atoms with Gasteiger partial charge in [0.1, 0.15) is 24.2 Å². The molecular weight excluding hydrogens is 524 g/mol. The molecule has 0 heterocycles. The Kier molecular flexibility index (Phi) is 9.45. The summed E-state index contributed by atoms with van der Waals surface area (Å²) in [5, 5.41) is 2.91. The number of anilines is 1. The van der Waals surface area contributed by atoms with E-state index in [4.69, 9.17) is 0 Å². The van der Waals surface area contributed by atoms with Gasteiger partial charge in [-0.25, -0.2) is 17.2 Å². The zero-order valence-corrected chi connectivity index (χ0v) is 23.2. The summed E-state index contributed by atoms with van der Waals surface area (Å²) in [6.45, 7) is 4.57. The third-order valence-corrected chi connectivity index (χ3v) is 6.96. The van der Waals surface area contributed by atoms with Crippen molar-refractivity contribution in [1.82, 2.24) is 10.2 Å². The largest absolute Gasteiger partial charge is 0.350 e. The molecule has 0 aliphatic rings. The van der Waals surface area contributed by atoms with Crippen molar-refractivity contribution in [2.45, 2.75) is 45.3 Å². The highest BCUT2D eigenvalue weighted by atomic mass is 32.2. The number of rotatable bonds is 10. The van der Waals surface area contributed by atoms with E-state index in [1.165, 1.54) is 47.4 Å². The minimum absolute atomic E-state index is 0.108. The lowest BCUT2D eigenvalue weighted by atomic mass is 10.0. The van der Waals surface area contributed by atoms with E-state index in [2.05, 4.69) is 5.32 Å². The Hall–Kier alpha value is -3.79. The summed E-state index contributed by atoms with van der Waals surface area (Å²) in [6.07, 6.45) is 1.01. The average Bonchev–Trinajstić information content (AvgIpc) is 2.85. The Morgan fingerprint density at radius 3 is 2.03 bits per heavy atom. The number of nitrogens with zero attached hydrogens (tertiary/aromatic N) is 2. The number of carbonyl (C=O) groups is 2. The van der Waals surface area contributed by atoms with E-state index < -0.39 is 51.6 Å². The Labute approximate surface area is 228 Å². The van der Waals surface area contributed by atoms with Crippen LogP contribution >= 0.6 is 0 Å². The lowest BCUT2D eigenvalue weighted by Gasteiger charge is -2.35. The quantitative estimate of drug-likeness (QED) is 0.403.